The number of hydrogen-bond donors (Lipinski definition) is 2. The van der Waals surface area contributed by atoms with E-state index in [1.54, 1.807) is 0 Å². The smallest absolute Gasteiger partial charge is 0.335 e. The van der Waals surface area contributed by atoms with Gasteiger partial charge in [0.1, 0.15) is 5.75 Å². The van der Waals surface area contributed by atoms with Crippen molar-refractivity contribution in [2.45, 2.75) is 0 Å². The Bertz CT molecular complexity index is 238. The summed E-state index contributed by atoms with van der Waals surface area (Å²) in [5.74, 6) is -0.912. The Balaban J connectivity index is 3.00. The Labute approximate surface area is 57.5 Å². The van der Waals surface area contributed by atoms with E-state index < -0.39 is 5.97 Å². The van der Waals surface area contributed by atoms with Gasteiger partial charge in [-0.05, 0) is 24.3 Å². The van der Waals surface area contributed by atoms with Crippen molar-refractivity contribution in [3.8, 4) is 5.75 Å². The molecule has 0 spiro atoms. The lowest BCUT2D eigenvalue weighted by molar-refractivity contribution is 0.0697. The number of phenols is 1. The van der Waals surface area contributed by atoms with E-state index in [4.69, 9.17) is 10.2 Å². The predicted octanol–water partition coefficient (Wildman–Crippen LogP) is 1.09. The zero-order valence-corrected chi connectivity index (χ0v) is 5.11. The summed E-state index contributed by atoms with van der Waals surface area (Å²) >= 11 is 0. The van der Waals surface area contributed by atoms with Crippen LogP contribution in [0.2, 0.25) is 0 Å². The first-order valence-electron chi connectivity index (χ1n) is 2.72. The van der Waals surface area contributed by atoms with E-state index in [0.717, 1.165) is 0 Å². The largest absolute Gasteiger partial charge is 0.508 e. The molecule has 0 bridgehead atoms. The first-order valence-corrected chi connectivity index (χ1v) is 2.72. The molecule has 0 atom stereocenters. The molecule has 0 heterocycles. The van der Waals surface area contributed by atoms with Crippen molar-refractivity contribution in [3.63, 3.8) is 0 Å². The molecule has 1 aromatic rings. The highest BCUT2D eigenvalue weighted by molar-refractivity contribution is 5.87. The van der Waals surface area contributed by atoms with Crippen molar-refractivity contribution in [1.29, 1.82) is 0 Å². The van der Waals surface area contributed by atoms with E-state index >= 15 is 0 Å². The molecule has 0 aliphatic rings. The number of carboxylic acids is 1. The molecule has 0 saturated carbocycles. The Hall–Kier alpha value is -1.51. The molecule has 0 aromatic heterocycles. The lowest BCUT2D eigenvalue weighted by Gasteiger charge is -1.92. The van der Waals surface area contributed by atoms with Crippen molar-refractivity contribution in [1.82, 2.24) is 0 Å². The van der Waals surface area contributed by atoms with Gasteiger partial charge in [-0.25, -0.2) is 4.79 Å². The first kappa shape index (κ1) is 6.61. The zero-order chi connectivity index (χ0) is 7.56. The molecule has 0 amide bonds. The SMILES string of the molecule is O=[13C](O)[13c]1[13cH][13cH][13c](O)[13cH][13cH]1. The zero-order valence-electron chi connectivity index (χ0n) is 5.11. The molecule has 0 unspecified atom stereocenters. The minimum absolute atomic E-state index is 0.0741. The van der Waals surface area contributed by atoms with E-state index in [-0.39, 0.29) is 11.3 Å². The maximum absolute atomic E-state index is 10.2. The average molecular weight is 145 g/mol. The van der Waals surface area contributed by atoms with Crippen LogP contribution in [0.25, 0.3) is 0 Å². The summed E-state index contributed by atoms with van der Waals surface area (Å²) in [5.41, 5.74) is 0.179. The van der Waals surface area contributed by atoms with Gasteiger partial charge in [0.05, 0.1) is 5.56 Å². The molecule has 52 valence electrons. The summed E-state index contributed by atoms with van der Waals surface area (Å²) in [6, 6.07) is 5.36. The summed E-state index contributed by atoms with van der Waals surface area (Å²) < 4.78 is 0. The summed E-state index contributed by atoms with van der Waals surface area (Å²) in [7, 11) is 0. The number of aromatic hydroxyl groups is 1. The van der Waals surface area contributed by atoms with Crippen LogP contribution in [0.4, 0.5) is 0 Å². The third kappa shape index (κ3) is 1.25. The second kappa shape index (κ2) is 2.39. The average Bonchev–Trinajstić information content (AvgIpc) is 1.88. The number of carboxylic acid groups (broad SMARTS) is 1. The van der Waals surface area contributed by atoms with Crippen LogP contribution in [-0.2, 0) is 0 Å². The summed E-state index contributed by atoms with van der Waals surface area (Å²) in [6.45, 7) is 0. The van der Waals surface area contributed by atoms with Gasteiger partial charge < -0.3 is 10.2 Å². The Morgan fingerprint density at radius 3 is 2.10 bits per heavy atom. The fraction of sp³-hybridized carbons (Fsp3) is 0. The predicted molar refractivity (Wildman–Crippen MR) is 35.1 cm³/mol. The van der Waals surface area contributed by atoms with Gasteiger partial charge >= 0.3 is 5.97 Å². The third-order valence-corrected chi connectivity index (χ3v) is 1.11. The van der Waals surface area contributed by atoms with Crippen LogP contribution in [0.15, 0.2) is 24.3 Å². The van der Waals surface area contributed by atoms with Crippen molar-refractivity contribution < 1.29 is 15.0 Å². The van der Waals surface area contributed by atoms with Gasteiger partial charge in [-0.2, -0.15) is 0 Å². The lowest BCUT2D eigenvalue weighted by atomic mass is 11.2. The minimum atomic E-state index is -0.986. The monoisotopic (exact) mass is 145 g/mol. The second-order valence-electron chi connectivity index (χ2n) is 1.85. The number of aromatic carboxylic acids is 1. The molecule has 2 N–H and O–H groups in total. The molecular formula is C7H6O3. The molecule has 1 rings (SSSR count). The van der Waals surface area contributed by atoms with E-state index in [1.165, 1.54) is 24.3 Å². The lowest BCUT2D eigenvalue weighted by Crippen LogP contribution is -1.93. The Morgan fingerprint density at radius 1 is 1.20 bits per heavy atom. The molecule has 0 aliphatic carbocycles. The minimum Gasteiger partial charge on any atom is -0.508 e. The molecular weight excluding hydrogens is 139 g/mol. The van der Waals surface area contributed by atoms with E-state index in [0.29, 0.717) is 0 Å². The highest BCUT2D eigenvalue weighted by atomic mass is 16.5. The molecule has 3 nitrogen and oxygen atoms in total. The number of phenolic OH excluding ortho intramolecular Hbond substituents is 1. The third-order valence-electron chi connectivity index (χ3n) is 1.11. The normalized spacial score (nSPS) is 9.20. The standard InChI is InChI=1S/C7H6O3/c8-6-3-1-5(2-4-6)7(9)10/h1-4,8H,(H,9,10)/i1+1,2+1,3+1,4+1,5+1,6+1,7+1. The Morgan fingerprint density at radius 2 is 1.70 bits per heavy atom. The van der Waals surface area contributed by atoms with Crippen LogP contribution >= 0.6 is 0 Å². The summed E-state index contributed by atoms with van der Waals surface area (Å²) in [4.78, 5) is 10.2. The summed E-state index contributed by atoms with van der Waals surface area (Å²) in [6.07, 6.45) is 0. The van der Waals surface area contributed by atoms with E-state index in [9.17, 15) is 4.79 Å². The van der Waals surface area contributed by atoms with Crippen LogP contribution in [0.3, 0.4) is 0 Å². The Kier molecular flexibility index (Phi) is 1.58. The topological polar surface area (TPSA) is 57.5 Å². The fourth-order valence-corrected chi connectivity index (χ4v) is 0.604. The number of hydrogen-bond acceptors (Lipinski definition) is 2. The first-order chi connectivity index (χ1) is 4.70. The highest BCUT2D eigenvalue weighted by Gasteiger charge is 1.99. The van der Waals surface area contributed by atoms with E-state index in [2.05, 4.69) is 0 Å². The van der Waals surface area contributed by atoms with Crippen molar-refractivity contribution in [2.24, 2.45) is 0 Å². The molecule has 1 aromatic carbocycles. The fourth-order valence-electron chi connectivity index (χ4n) is 0.604. The molecule has 10 heavy (non-hydrogen) atoms. The molecule has 0 saturated heterocycles. The van der Waals surface area contributed by atoms with Crippen LogP contribution in [0.5, 0.6) is 5.75 Å². The van der Waals surface area contributed by atoms with Crippen LogP contribution in [-0.4, -0.2) is 16.2 Å². The van der Waals surface area contributed by atoms with Gasteiger partial charge in [0.25, 0.3) is 0 Å². The van der Waals surface area contributed by atoms with Gasteiger partial charge in [-0.3, -0.25) is 0 Å². The second-order valence-corrected chi connectivity index (χ2v) is 1.85. The van der Waals surface area contributed by atoms with Gasteiger partial charge in [0, 0.05) is 0 Å². The summed E-state index contributed by atoms with van der Waals surface area (Å²) in [5, 5.41) is 17.1. The number of benzene rings is 1. The number of rotatable bonds is 1. The van der Waals surface area contributed by atoms with Gasteiger partial charge in [-0.15, -0.1) is 0 Å². The maximum Gasteiger partial charge on any atom is 0.335 e. The maximum atomic E-state index is 10.2. The van der Waals surface area contributed by atoms with Gasteiger partial charge in [0.2, 0.25) is 0 Å². The van der Waals surface area contributed by atoms with Crippen LogP contribution in [0, 0.1) is 0 Å². The van der Waals surface area contributed by atoms with Crippen molar-refractivity contribution >= 4 is 5.97 Å². The molecule has 0 fully saturated rings. The quantitative estimate of drug-likeness (QED) is 0.581. The van der Waals surface area contributed by atoms with Gasteiger partial charge in [0.15, 0.2) is 0 Å². The number of carbonyl (C=O) groups is 1. The van der Waals surface area contributed by atoms with Crippen molar-refractivity contribution in [3.05, 3.63) is 29.8 Å². The van der Waals surface area contributed by atoms with Crippen molar-refractivity contribution in [2.75, 3.05) is 0 Å². The molecule has 0 aliphatic heterocycles. The highest BCUT2D eigenvalue weighted by Crippen LogP contribution is 2.08. The molecule has 3 heteroatoms. The van der Waals surface area contributed by atoms with E-state index in [1.807, 2.05) is 0 Å². The van der Waals surface area contributed by atoms with Crippen LogP contribution in [0.1, 0.15) is 10.4 Å². The van der Waals surface area contributed by atoms with Gasteiger partial charge in [-0.1, -0.05) is 0 Å². The van der Waals surface area contributed by atoms with Crippen LogP contribution < -0.4 is 0 Å². The molecule has 0 radical (unpaired) electrons.